The van der Waals surface area contributed by atoms with Crippen molar-refractivity contribution in [3.05, 3.63) is 40.7 Å². The lowest BCUT2D eigenvalue weighted by Gasteiger charge is -2.25. The summed E-state index contributed by atoms with van der Waals surface area (Å²) in [5, 5.41) is 11.6. The second kappa shape index (κ2) is 8.41. The Morgan fingerprint density at radius 2 is 2.13 bits per heavy atom. The van der Waals surface area contributed by atoms with Crippen molar-refractivity contribution >= 4 is 24.2 Å². The summed E-state index contributed by atoms with van der Waals surface area (Å²) in [6.07, 6.45) is 3.77. The van der Waals surface area contributed by atoms with Crippen LogP contribution in [0.2, 0.25) is 0 Å². The normalized spacial score (nSPS) is 16.6. The first kappa shape index (κ1) is 17.9. The van der Waals surface area contributed by atoms with Gasteiger partial charge >= 0.3 is 0 Å². The maximum Gasteiger partial charge on any atom is 0.137 e. The molecule has 0 bridgehead atoms. The third kappa shape index (κ3) is 4.52. The molecule has 1 aromatic rings. The summed E-state index contributed by atoms with van der Waals surface area (Å²) in [6, 6.07) is 4.96. The van der Waals surface area contributed by atoms with Crippen LogP contribution >= 0.6 is 11.8 Å². The van der Waals surface area contributed by atoms with E-state index in [0.717, 1.165) is 30.8 Å². The minimum absolute atomic E-state index is 0.0555. The Labute approximate surface area is 142 Å². The quantitative estimate of drug-likeness (QED) is 0.595. The van der Waals surface area contributed by atoms with Crippen molar-refractivity contribution in [1.29, 1.82) is 5.41 Å². The van der Waals surface area contributed by atoms with Crippen molar-refractivity contribution < 1.29 is 4.39 Å². The Hall–Kier alpha value is -1.46. The summed E-state index contributed by atoms with van der Waals surface area (Å²) in [4.78, 5) is 5.48. The lowest BCUT2D eigenvalue weighted by Crippen LogP contribution is -2.28. The highest BCUT2D eigenvalue weighted by Crippen LogP contribution is 2.39. The zero-order valence-corrected chi connectivity index (χ0v) is 14.5. The number of halogens is 1. The van der Waals surface area contributed by atoms with E-state index in [9.17, 15) is 4.39 Å². The van der Waals surface area contributed by atoms with Gasteiger partial charge in [0.15, 0.2) is 0 Å². The molecule has 1 heterocycles. The van der Waals surface area contributed by atoms with Crippen LogP contribution in [0, 0.1) is 23.1 Å². The second-order valence-corrected chi connectivity index (χ2v) is 7.11. The number of benzene rings is 1. The molecule has 0 spiro atoms. The number of rotatable bonds is 6. The van der Waals surface area contributed by atoms with Crippen LogP contribution in [-0.4, -0.2) is 25.5 Å². The zero-order valence-electron chi connectivity index (χ0n) is 13.7. The number of aliphatic imine (C=N–C) groups is 1. The second-order valence-electron chi connectivity index (χ2n) is 6.03. The van der Waals surface area contributed by atoms with Gasteiger partial charge in [-0.05, 0) is 50.6 Å². The molecule has 0 atom stereocenters. The van der Waals surface area contributed by atoms with Crippen molar-refractivity contribution in [2.24, 2.45) is 16.8 Å². The molecule has 3 nitrogen and oxygen atoms in total. The van der Waals surface area contributed by atoms with Crippen molar-refractivity contribution in [2.75, 3.05) is 13.1 Å². The van der Waals surface area contributed by atoms with Gasteiger partial charge < -0.3 is 10.7 Å². The lowest BCUT2D eigenvalue weighted by molar-refractivity contribution is 0.431. The van der Waals surface area contributed by atoms with Gasteiger partial charge in [0.05, 0.1) is 4.90 Å². The Morgan fingerprint density at radius 1 is 1.43 bits per heavy atom. The van der Waals surface area contributed by atoms with Gasteiger partial charge in [0.2, 0.25) is 0 Å². The average Bonchev–Trinajstić information content (AvgIpc) is 2.56. The fraction of sp³-hybridized carbons (Fsp3) is 0.444. The first-order valence-electron chi connectivity index (χ1n) is 7.96. The van der Waals surface area contributed by atoms with Gasteiger partial charge in [0, 0.05) is 22.4 Å². The zero-order chi connectivity index (χ0) is 16.8. The van der Waals surface area contributed by atoms with Gasteiger partial charge in [-0.3, -0.25) is 4.99 Å². The molecule has 0 aliphatic carbocycles. The molecule has 124 valence electrons. The molecule has 1 aliphatic heterocycles. The van der Waals surface area contributed by atoms with E-state index in [1.807, 2.05) is 19.9 Å². The molecule has 1 aromatic carbocycles. The highest BCUT2D eigenvalue weighted by atomic mass is 32.2. The topological polar surface area (TPSA) is 48.2 Å². The summed E-state index contributed by atoms with van der Waals surface area (Å²) in [5.41, 5.74) is 1.14. The van der Waals surface area contributed by atoms with E-state index in [4.69, 9.17) is 5.41 Å². The third-order valence-corrected chi connectivity index (χ3v) is 5.31. The molecule has 2 N–H and O–H groups in total. The number of nitrogens with one attached hydrogen (secondary N) is 2. The van der Waals surface area contributed by atoms with Crippen LogP contribution in [0.4, 0.5) is 4.39 Å². The molecule has 0 amide bonds. The highest BCUT2D eigenvalue weighted by molar-refractivity contribution is 8.03. The van der Waals surface area contributed by atoms with Gasteiger partial charge in [-0.2, -0.15) is 0 Å². The molecule has 0 radical (unpaired) electrons. The van der Waals surface area contributed by atoms with Gasteiger partial charge in [-0.1, -0.05) is 37.7 Å². The van der Waals surface area contributed by atoms with E-state index in [2.05, 4.69) is 17.0 Å². The van der Waals surface area contributed by atoms with Crippen molar-refractivity contribution in [2.45, 2.75) is 31.6 Å². The summed E-state index contributed by atoms with van der Waals surface area (Å²) < 4.78 is 14.4. The number of hydrogen-bond donors (Lipinski definition) is 2. The van der Waals surface area contributed by atoms with Crippen LogP contribution in [0.5, 0.6) is 0 Å². The largest absolute Gasteiger partial charge is 0.317 e. The number of piperidine rings is 1. The fourth-order valence-corrected chi connectivity index (χ4v) is 3.88. The van der Waals surface area contributed by atoms with Crippen LogP contribution < -0.4 is 5.32 Å². The summed E-state index contributed by atoms with van der Waals surface area (Å²) in [7, 11) is 0. The summed E-state index contributed by atoms with van der Waals surface area (Å²) >= 11 is 1.40. The third-order valence-electron chi connectivity index (χ3n) is 4.01. The molecule has 1 fully saturated rings. The Morgan fingerprint density at radius 3 is 2.74 bits per heavy atom. The van der Waals surface area contributed by atoms with Gasteiger partial charge in [-0.25, -0.2) is 4.39 Å². The van der Waals surface area contributed by atoms with Crippen LogP contribution in [0.1, 0.15) is 32.3 Å². The van der Waals surface area contributed by atoms with Crippen molar-refractivity contribution in [3.63, 3.8) is 0 Å². The van der Waals surface area contributed by atoms with Crippen molar-refractivity contribution in [3.8, 4) is 0 Å². The number of thioether (sulfide) groups is 1. The number of nitrogens with zero attached hydrogens (tertiary/aromatic N) is 1. The molecule has 23 heavy (non-hydrogen) atoms. The fourth-order valence-electron chi connectivity index (χ4n) is 2.67. The smallest absolute Gasteiger partial charge is 0.137 e. The van der Waals surface area contributed by atoms with E-state index in [1.165, 1.54) is 17.8 Å². The van der Waals surface area contributed by atoms with E-state index in [0.29, 0.717) is 22.1 Å². The molecule has 1 saturated heterocycles. The van der Waals surface area contributed by atoms with Crippen LogP contribution in [0.3, 0.4) is 0 Å². The van der Waals surface area contributed by atoms with Gasteiger partial charge in [0.1, 0.15) is 5.82 Å². The first-order chi connectivity index (χ1) is 11.0. The van der Waals surface area contributed by atoms with Gasteiger partial charge in [0.25, 0.3) is 0 Å². The minimum atomic E-state index is -0.276. The Kier molecular flexibility index (Phi) is 6.54. The van der Waals surface area contributed by atoms with Crippen molar-refractivity contribution in [1.82, 2.24) is 5.32 Å². The van der Waals surface area contributed by atoms with E-state index < -0.39 is 0 Å². The van der Waals surface area contributed by atoms with E-state index >= 15 is 0 Å². The van der Waals surface area contributed by atoms with E-state index in [1.54, 1.807) is 12.3 Å². The number of allylic oxidation sites excluding steroid dienone is 1. The monoisotopic (exact) mass is 333 g/mol. The Balaban J connectivity index is 2.34. The Bertz CT molecular complexity index is 604. The number of hydrogen-bond acceptors (Lipinski definition) is 4. The summed E-state index contributed by atoms with van der Waals surface area (Å²) in [6.45, 7) is 9.39. The minimum Gasteiger partial charge on any atom is -0.317 e. The summed E-state index contributed by atoms with van der Waals surface area (Å²) in [5.74, 6) is 0.147. The first-order valence-corrected chi connectivity index (χ1v) is 8.78. The van der Waals surface area contributed by atoms with E-state index in [-0.39, 0.29) is 11.7 Å². The average molecular weight is 333 g/mol. The predicted octanol–water partition coefficient (Wildman–Crippen LogP) is 4.48. The van der Waals surface area contributed by atoms with Gasteiger partial charge in [-0.15, -0.1) is 0 Å². The molecule has 5 heteroatoms. The molecular formula is C18H24FN3S. The van der Waals surface area contributed by atoms with Crippen LogP contribution in [0.25, 0.3) is 0 Å². The molecule has 0 aromatic heterocycles. The standard InChI is InChI=1S/C18H24FN3S/c1-12(2)17(20)14-5-4-6-15(19)18(14)23-16(11-21-3)13-7-9-22-10-8-13/h4-6,11-13,20,22H,3,7-10H2,1-2H3/b16-11-,20-17?. The molecule has 1 aliphatic rings. The lowest BCUT2D eigenvalue weighted by atomic mass is 9.98. The maximum absolute atomic E-state index is 14.4. The van der Waals surface area contributed by atoms with Crippen LogP contribution in [-0.2, 0) is 0 Å². The molecule has 0 saturated carbocycles. The van der Waals surface area contributed by atoms with Crippen LogP contribution in [0.15, 0.2) is 39.2 Å². The predicted molar refractivity (Wildman–Crippen MR) is 97.1 cm³/mol. The molecular weight excluding hydrogens is 309 g/mol. The SMILES string of the molecule is C=N/C=C(\Sc1c(F)cccc1C(=N)C(C)C)C1CCNCC1. The molecule has 2 rings (SSSR count). The maximum atomic E-state index is 14.4. The molecule has 0 unspecified atom stereocenters. The highest BCUT2D eigenvalue weighted by Gasteiger charge is 2.22.